The van der Waals surface area contributed by atoms with Crippen LogP contribution in [0.1, 0.15) is 34.1 Å². The second kappa shape index (κ2) is 3.30. The van der Waals surface area contributed by atoms with E-state index in [0.29, 0.717) is 0 Å². The molecule has 0 aliphatic carbocycles. The Morgan fingerprint density at radius 1 is 1.42 bits per heavy atom. The highest BCUT2D eigenvalue weighted by Gasteiger charge is 2.29. The van der Waals surface area contributed by atoms with Crippen molar-refractivity contribution in [1.29, 1.82) is 0 Å². The second-order valence-corrected chi connectivity index (χ2v) is 3.38. The first-order valence-corrected chi connectivity index (χ1v) is 4.48. The fraction of sp³-hybridized carbons (Fsp3) is 0.700. The molecule has 2 nitrogen and oxygen atoms in total. The topological polar surface area (TPSA) is 26.3 Å². The highest BCUT2D eigenvalue weighted by Crippen LogP contribution is 2.26. The zero-order chi connectivity index (χ0) is 9.30. The number of carbonyl (C=O) groups is 1. The Kier molecular flexibility index (Phi) is 2.55. The van der Waals surface area contributed by atoms with E-state index in [2.05, 4.69) is 0 Å². The van der Waals surface area contributed by atoms with Gasteiger partial charge in [-0.3, -0.25) is 4.79 Å². The molecule has 12 heavy (non-hydrogen) atoms. The van der Waals surface area contributed by atoms with Crippen LogP contribution in [-0.2, 0) is 9.53 Å². The summed E-state index contributed by atoms with van der Waals surface area (Å²) in [4.78, 5) is 11.6. The van der Waals surface area contributed by atoms with Crippen LogP contribution in [-0.4, -0.2) is 11.9 Å². The summed E-state index contributed by atoms with van der Waals surface area (Å²) in [7, 11) is 0. The monoisotopic (exact) mass is 168 g/mol. The van der Waals surface area contributed by atoms with Crippen LogP contribution in [0.4, 0.5) is 0 Å². The lowest BCUT2D eigenvalue weighted by molar-refractivity contribution is -0.124. The first-order chi connectivity index (χ1) is 5.57. The van der Waals surface area contributed by atoms with Crippen molar-refractivity contribution in [3.05, 3.63) is 11.3 Å². The Balaban J connectivity index is 2.95. The van der Waals surface area contributed by atoms with Gasteiger partial charge < -0.3 is 4.74 Å². The van der Waals surface area contributed by atoms with Crippen molar-refractivity contribution < 1.29 is 9.53 Å². The van der Waals surface area contributed by atoms with Gasteiger partial charge >= 0.3 is 0 Å². The third-order valence-corrected chi connectivity index (χ3v) is 2.55. The summed E-state index contributed by atoms with van der Waals surface area (Å²) in [6.07, 6.45) is 0.852. The molecular formula is C10H16O2. The zero-order valence-electron chi connectivity index (χ0n) is 8.18. The predicted octanol–water partition coefficient (Wildman–Crippen LogP) is 2.29. The van der Waals surface area contributed by atoms with E-state index in [1.807, 2.05) is 27.7 Å². The minimum atomic E-state index is 0.0142. The summed E-state index contributed by atoms with van der Waals surface area (Å²) in [6.45, 7) is 7.73. The van der Waals surface area contributed by atoms with Crippen LogP contribution in [0.25, 0.3) is 0 Å². The molecule has 0 aromatic carbocycles. The quantitative estimate of drug-likeness (QED) is 0.600. The third kappa shape index (κ3) is 1.38. The Morgan fingerprint density at radius 3 is 2.50 bits per heavy atom. The van der Waals surface area contributed by atoms with Crippen LogP contribution < -0.4 is 0 Å². The predicted molar refractivity (Wildman–Crippen MR) is 47.7 cm³/mol. The maximum atomic E-state index is 11.6. The van der Waals surface area contributed by atoms with Crippen LogP contribution >= 0.6 is 0 Å². The molecule has 68 valence electrons. The number of hydrogen-bond acceptors (Lipinski definition) is 2. The highest BCUT2D eigenvalue weighted by molar-refractivity contribution is 5.97. The summed E-state index contributed by atoms with van der Waals surface area (Å²) in [5.41, 5.74) is 0.808. The second-order valence-electron chi connectivity index (χ2n) is 3.38. The lowest BCUT2D eigenvalue weighted by atomic mass is 9.92. The molecule has 0 bridgehead atoms. The summed E-state index contributed by atoms with van der Waals surface area (Å²) in [5.74, 6) is 1.12. The fourth-order valence-electron chi connectivity index (χ4n) is 1.46. The number of rotatable bonds is 1. The normalized spacial score (nSPS) is 30.5. The van der Waals surface area contributed by atoms with E-state index in [1.54, 1.807) is 0 Å². The summed E-state index contributed by atoms with van der Waals surface area (Å²) < 4.78 is 5.59. The summed E-state index contributed by atoms with van der Waals surface area (Å²) in [5, 5.41) is 0. The molecule has 0 N–H and O–H groups in total. The van der Waals surface area contributed by atoms with Crippen LogP contribution in [0.3, 0.4) is 0 Å². The molecule has 0 saturated heterocycles. The molecule has 0 radical (unpaired) electrons. The number of carbonyl (C=O) groups excluding carboxylic acids is 1. The van der Waals surface area contributed by atoms with Gasteiger partial charge in [-0.15, -0.1) is 0 Å². The third-order valence-electron chi connectivity index (χ3n) is 2.55. The average molecular weight is 168 g/mol. The molecule has 1 aliphatic rings. The highest BCUT2D eigenvalue weighted by atomic mass is 16.5. The van der Waals surface area contributed by atoms with Crippen LogP contribution in [0.5, 0.6) is 0 Å². The number of hydrogen-bond donors (Lipinski definition) is 0. The zero-order valence-corrected chi connectivity index (χ0v) is 8.18. The Bertz CT molecular complexity index is 228. The van der Waals surface area contributed by atoms with Gasteiger partial charge in [-0.25, -0.2) is 0 Å². The van der Waals surface area contributed by atoms with Crippen molar-refractivity contribution in [3.8, 4) is 0 Å². The van der Waals surface area contributed by atoms with E-state index in [1.165, 1.54) is 0 Å². The van der Waals surface area contributed by atoms with Crippen molar-refractivity contribution >= 4 is 5.78 Å². The average Bonchev–Trinajstić information content (AvgIpc) is 2.08. The molecule has 0 spiro atoms. The Morgan fingerprint density at radius 2 is 2.00 bits per heavy atom. The van der Waals surface area contributed by atoms with Crippen molar-refractivity contribution in [3.63, 3.8) is 0 Å². The fourth-order valence-corrected chi connectivity index (χ4v) is 1.46. The smallest absolute Gasteiger partial charge is 0.168 e. The van der Waals surface area contributed by atoms with Gasteiger partial charge in [0.2, 0.25) is 0 Å². The van der Waals surface area contributed by atoms with Gasteiger partial charge in [-0.1, -0.05) is 13.8 Å². The SMILES string of the molecule is CCC1=C(C)C(=O)[C@@H](C)[C@H](C)O1. The molecule has 2 atom stereocenters. The van der Waals surface area contributed by atoms with Crippen LogP contribution in [0.15, 0.2) is 11.3 Å². The van der Waals surface area contributed by atoms with Crippen LogP contribution in [0.2, 0.25) is 0 Å². The van der Waals surface area contributed by atoms with E-state index >= 15 is 0 Å². The number of ketones is 1. The molecule has 0 aromatic heterocycles. The van der Waals surface area contributed by atoms with Gasteiger partial charge in [0, 0.05) is 12.0 Å². The van der Waals surface area contributed by atoms with E-state index < -0.39 is 0 Å². The van der Waals surface area contributed by atoms with E-state index in [4.69, 9.17) is 4.74 Å². The summed E-state index contributed by atoms with van der Waals surface area (Å²) in [6, 6.07) is 0. The van der Waals surface area contributed by atoms with E-state index in [9.17, 15) is 4.79 Å². The molecule has 1 heterocycles. The van der Waals surface area contributed by atoms with Crippen molar-refractivity contribution in [2.75, 3.05) is 0 Å². The molecule has 1 rings (SSSR count). The van der Waals surface area contributed by atoms with Gasteiger partial charge in [-0.2, -0.15) is 0 Å². The molecular weight excluding hydrogens is 152 g/mol. The Hall–Kier alpha value is -0.790. The number of ether oxygens (including phenoxy) is 1. The molecule has 0 saturated carbocycles. The Labute approximate surface area is 73.6 Å². The van der Waals surface area contributed by atoms with Gasteiger partial charge in [0.15, 0.2) is 5.78 Å². The van der Waals surface area contributed by atoms with Gasteiger partial charge in [0.05, 0.1) is 5.92 Å². The van der Waals surface area contributed by atoms with Gasteiger partial charge in [-0.05, 0) is 13.8 Å². The van der Waals surface area contributed by atoms with Gasteiger partial charge in [0.1, 0.15) is 11.9 Å². The number of allylic oxidation sites excluding steroid dienone is 2. The maximum absolute atomic E-state index is 11.6. The van der Waals surface area contributed by atoms with Crippen LogP contribution in [0, 0.1) is 5.92 Å². The molecule has 1 aliphatic heterocycles. The number of Topliss-reactive ketones (excluding diaryl/α,β-unsaturated/α-hetero) is 1. The standard InChI is InChI=1S/C10H16O2/c1-5-9-7(3)10(11)6(2)8(4)12-9/h6,8H,5H2,1-4H3/t6-,8-/m0/s1. The van der Waals surface area contributed by atoms with E-state index in [0.717, 1.165) is 17.8 Å². The lowest BCUT2D eigenvalue weighted by Gasteiger charge is -2.28. The minimum absolute atomic E-state index is 0.0142. The minimum Gasteiger partial charge on any atom is -0.494 e. The summed E-state index contributed by atoms with van der Waals surface area (Å²) >= 11 is 0. The van der Waals surface area contributed by atoms with E-state index in [-0.39, 0.29) is 17.8 Å². The lowest BCUT2D eigenvalue weighted by Crippen LogP contribution is -2.31. The first kappa shape index (κ1) is 9.30. The molecule has 0 aromatic rings. The largest absolute Gasteiger partial charge is 0.494 e. The van der Waals surface area contributed by atoms with Crippen molar-refractivity contribution in [1.82, 2.24) is 0 Å². The van der Waals surface area contributed by atoms with Crippen molar-refractivity contribution in [2.45, 2.75) is 40.2 Å². The maximum Gasteiger partial charge on any atom is 0.168 e. The molecule has 0 unspecified atom stereocenters. The van der Waals surface area contributed by atoms with Gasteiger partial charge in [0.25, 0.3) is 0 Å². The van der Waals surface area contributed by atoms with Crippen molar-refractivity contribution in [2.24, 2.45) is 5.92 Å². The molecule has 2 heteroatoms. The first-order valence-electron chi connectivity index (χ1n) is 4.48. The molecule has 0 amide bonds. The molecule has 0 fully saturated rings.